The lowest BCUT2D eigenvalue weighted by Gasteiger charge is -2.36. The predicted octanol–water partition coefficient (Wildman–Crippen LogP) is 4.30. The number of rotatable bonds is 9. The van der Waals surface area contributed by atoms with Gasteiger partial charge in [-0.25, -0.2) is 18.7 Å². The third kappa shape index (κ3) is 7.22. The highest BCUT2D eigenvalue weighted by Gasteiger charge is 2.44. The van der Waals surface area contributed by atoms with Crippen molar-refractivity contribution in [3.63, 3.8) is 0 Å². The lowest BCUT2D eigenvalue weighted by Crippen LogP contribution is -2.51. The number of amides is 1. The summed E-state index contributed by atoms with van der Waals surface area (Å²) in [4.78, 5) is 38.4. The molecule has 0 spiro atoms. The maximum Gasteiger partial charge on any atom is 0.410 e. The molecule has 1 amide bonds. The number of nitrogens with zero attached hydrogens (tertiary/aromatic N) is 6. The monoisotopic (exact) mass is 648 g/mol. The SMILES string of the molecule is CCOC(=O)COc1cc(F)ccc1-n1ncc2c(OCc3ccccc3)nc(N3CCO[C@@H]4CN(C(=O)OC(C)(C)C)C[C@@H]43)nc21. The van der Waals surface area contributed by atoms with E-state index in [1.54, 1.807) is 18.0 Å². The Labute approximate surface area is 271 Å². The number of ether oxygens (including phenoxy) is 5. The molecular weight excluding hydrogens is 611 g/mol. The number of fused-ring (bicyclic) bond motifs is 2. The van der Waals surface area contributed by atoms with Gasteiger partial charge < -0.3 is 33.5 Å². The minimum atomic E-state index is -0.637. The first kappa shape index (κ1) is 32.0. The van der Waals surface area contributed by atoms with E-state index in [2.05, 4.69) is 5.10 Å². The molecule has 14 heteroatoms. The van der Waals surface area contributed by atoms with Crippen molar-refractivity contribution in [1.82, 2.24) is 24.6 Å². The quantitative estimate of drug-likeness (QED) is 0.241. The first-order valence-electron chi connectivity index (χ1n) is 15.5. The van der Waals surface area contributed by atoms with Gasteiger partial charge in [0.05, 0.1) is 38.1 Å². The average Bonchev–Trinajstić information content (AvgIpc) is 3.68. The Hall–Kier alpha value is -4.98. The highest BCUT2D eigenvalue weighted by Crippen LogP contribution is 2.34. The zero-order valence-electron chi connectivity index (χ0n) is 26.7. The zero-order chi connectivity index (χ0) is 33.1. The van der Waals surface area contributed by atoms with Crippen molar-refractivity contribution in [3.8, 4) is 17.3 Å². The van der Waals surface area contributed by atoms with Crippen molar-refractivity contribution in [2.75, 3.05) is 44.4 Å². The van der Waals surface area contributed by atoms with Crippen LogP contribution in [-0.4, -0.2) is 93.9 Å². The minimum Gasteiger partial charge on any atom is -0.480 e. The molecule has 4 heterocycles. The highest BCUT2D eigenvalue weighted by molar-refractivity contribution is 5.83. The van der Waals surface area contributed by atoms with E-state index in [9.17, 15) is 14.0 Å². The standard InChI is InChI=1S/C33H37FN6O7/c1-5-43-28(41)20-45-26-15-22(34)11-12-24(26)40-29-23(16-35-40)30(46-19-21-9-7-6-8-10-21)37-31(36-29)39-13-14-44-27-18-38(17-25(27)39)32(42)47-33(2,3)4/h6-12,15-16,25,27H,5,13-14,17-20H2,1-4H3/t25-,27+/m0/s1. The number of hydrogen-bond donors (Lipinski definition) is 0. The van der Waals surface area contributed by atoms with E-state index < -0.39 is 30.1 Å². The minimum absolute atomic E-state index is 0.0743. The van der Waals surface area contributed by atoms with Crippen molar-refractivity contribution in [1.29, 1.82) is 0 Å². The number of likely N-dealkylation sites (tertiary alicyclic amines) is 1. The van der Waals surface area contributed by atoms with Gasteiger partial charge in [0.15, 0.2) is 12.3 Å². The molecule has 248 valence electrons. The van der Waals surface area contributed by atoms with E-state index in [4.69, 9.17) is 33.7 Å². The van der Waals surface area contributed by atoms with Gasteiger partial charge in [0.1, 0.15) is 34.8 Å². The van der Waals surface area contributed by atoms with Crippen LogP contribution in [0.25, 0.3) is 16.7 Å². The lowest BCUT2D eigenvalue weighted by atomic mass is 10.1. The van der Waals surface area contributed by atoms with Crippen molar-refractivity contribution in [2.45, 2.75) is 52.0 Å². The third-order valence-corrected chi connectivity index (χ3v) is 7.61. The van der Waals surface area contributed by atoms with Crippen LogP contribution in [0.2, 0.25) is 0 Å². The van der Waals surface area contributed by atoms with Crippen molar-refractivity contribution >= 4 is 29.0 Å². The van der Waals surface area contributed by atoms with Gasteiger partial charge in [-0.2, -0.15) is 15.1 Å². The fraction of sp³-hybridized carbons (Fsp3) is 0.424. The number of esters is 1. The molecule has 2 aromatic heterocycles. The zero-order valence-corrected chi connectivity index (χ0v) is 26.7. The van der Waals surface area contributed by atoms with Gasteiger partial charge in [0.25, 0.3) is 0 Å². The van der Waals surface area contributed by atoms with Crippen LogP contribution in [0.4, 0.5) is 15.1 Å². The van der Waals surface area contributed by atoms with Crippen LogP contribution >= 0.6 is 0 Å². The van der Waals surface area contributed by atoms with Gasteiger partial charge in [-0.1, -0.05) is 30.3 Å². The highest BCUT2D eigenvalue weighted by atomic mass is 19.1. The molecular formula is C33H37FN6O7. The van der Waals surface area contributed by atoms with Crippen molar-refractivity contribution < 1.29 is 37.7 Å². The molecule has 4 aromatic rings. The summed E-state index contributed by atoms with van der Waals surface area (Å²) in [5.74, 6) is -0.427. The fourth-order valence-electron chi connectivity index (χ4n) is 5.54. The van der Waals surface area contributed by atoms with Gasteiger partial charge in [0, 0.05) is 19.2 Å². The average molecular weight is 649 g/mol. The van der Waals surface area contributed by atoms with Gasteiger partial charge >= 0.3 is 12.1 Å². The van der Waals surface area contributed by atoms with Gasteiger partial charge in [-0.15, -0.1) is 0 Å². The van der Waals surface area contributed by atoms with E-state index in [0.717, 1.165) is 5.56 Å². The molecule has 0 N–H and O–H groups in total. The van der Waals surface area contributed by atoms with Crippen LogP contribution in [0.5, 0.6) is 11.6 Å². The molecule has 2 saturated heterocycles. The molecule has 0 radical (unpaired) electrons. The maximum atomic E-state index is 14.4. The summed E-state index contributed by atoms with van der Waals surface area (Å²) < 4.78 is 44.5. The Balaban J connectivity index is 1.38. The number of benzene rings is 2. The number of morpholine rings is 1. The van der Waals surface area contributed by atoms with Gasteiger partial charge in [-0.3, -0.25) is 0 Å². The molecule has 2 fully saturated rings. The van der Waals surface area contributed by atoms with E-state index in [1.165, 1.54) is 22.9 Å². The molecule has 47 heavy (non-hydrogen) atoms. The second-order valence-corrected chi connectivity index (χ2v) is 12.2. The Kier molecular flexibility index (Phi) is 9.12. The van der Waals surface area contributed by atoms with Gasteiger partial charge in [0.2, 0.25) is 11.8 Å². The second-order valence-electron chi connectivity index (χ2n) is 12.2. The normalized spacial score (nSPS) is 17.8. The second kappa shape index (κ2) is 13.4. The number of hydrogen-bond acceptors (Lipinski definition) is 11. The summed E-state index contributed by atoms with van der Waals surface area (Å²) in [6.07, 6.45) is 0.873. The largest absolute Gasteiger partial charge is 0.480 e. The summed E-state index contributed by atoms with van der Waals surface area (Å²) in [6.45, 7) is 8.76. The maximum absolute atomic E-state index is 14.4. The summed E-state index contributed by atoms with van der Waals surface area (Å²) in [5.41, 5.74) is 1.02. The lowest BCUT2D eigenvalue weighted by molar-refractivity contribution is -0.145. The number of aromatic nitrogens is 4. The summed E-state index contributed by atoms with van der Waals surface area (Å²) >= 11 is 0. The Morgan fingerprint density at radius 1 is 1.06 bits per heavy atom. The number of halogens is 1. The summed E-state index contributed by atoms with van der Waals surface area (Å²) in [5, 5.41) is 5.07. The van der Waals surface area contributed by atoms with Crippen LogP contribution in [0.1, 0.15) is 33.3 Å². The molecule has 6 rings (SSSR count). The third-order valence-electron chi connectivity index (χ3n) is 7.61. The molecule has 0 saturated carbocycles. The smallest absolute Gasteiger partial charge is 0.410 e. The Morgan fingerprint density at radius 2 is 1.87 bits per heavy atom. The van der Waals surface area contributed by atoms with Crippen LogP contribution in [0, 0.1) is 5.82 Å². The fourth-order valence-corrected chi connectivity index (χ4v) is 5.54. The van der Waals surface area contributed by atoms with Crippen molar-refractivity contribution in [3.05, 3.63) is 66.1 Å². The van der Waals surface area contributed by atoms with Crippen LogP contribution in [-0.2, 0) is 25.6 Å². The summed E-state index contributed by atoms with van der Waals surface area (Å²) in [6, 6.07) is 13.4. The molecule has 13 nitrogen and oxygen atoms in total. The molecule has 2 aliphatic heterocycles. The first-order chi connectivity index (χ1) is 22.6. The molecule has 0 aliphatic carbocycles. The van der Waals surface area contributed by atoms with Crippen molar-refractivity contribution in [2.24, 2.45) is 0 Å². The number of anilines is 1. The Morgan fingerprint density at radius 3 is 2.64 bits per heavy atom. The predicted molar refractivity (Wildman–Crippen MR) is 168 cm³/mol. The Bertz CT molecular complexity index is 1740. The molecule has 0 unspecified atom stereocenters. The first-order valence-corrected chi connectivity index (χ1v) is 15.5. The number of carbonyl (C=O) groups is 2. The summed E-state index contributed by atoms with van der Waals surface area (Å²) in [7, 11) is 0. The van der Waals surface area contributed by atoms with Crippen LogP contribution in [0.15, 0.2) is 54.7 Å². The van der Waals surface area contributed by atoms with Crippen LogP contribution < -0.4 is 14.4 Å². The van der Waals surface area contributed by atoms with Crippen LogP contribution in [0.3, 0.4) is 0 Å². The van der Waals surface area contributed by atoms with E-state index in [-0.39, 0.29) is 31.1 Å². The molecule has 2 aliphatic rings. The molecule has 2 atom stereocenters. The molecule has 0 bridgehead atoms. The van der Waals surface area contributed by atoms with E-state index >= 15 is 0 Å². The topological polar surface area (TPSA) is 130 Å². The number of carbonyl (C=O) groups excluding carboxylic acids is 2. The molecule has 2 aromatic carbocycles. The van der Waals surface area contributed by atoms with Gasteiger partial charge in [-0.05, 0) is 45.4 Å². The van der Waals surface area contributed by atoms with E-state index in [1.807, 2.05) is 56.0 Å². The van der Waals surface area contributed by atoms with E-state index in [0.29, 0.717) is 54.8 Å².